The summed E-state index contributed by atoms with van der Waals surface area (Å²) >= 11 is 12.1. The van der Waals surface area contributed by atoms with Crippen molar-refractivity contribution in [3.63, 3.8) is 0 Å². The number of halogens is 2. The van der Waals surface area contributed by atoms with E-state index in [-0.39, 0.29) is 5.54 Å². The van der Waals surface area contributed by atoms with Crippen molar-refractivity contribution < 1.29 is 0 Å². The molecule has 0 saturated carbocycles. The monoisotopic (exact) mass is 285 g/mol. The van der Waals surface area contributed by atoms with E-state index >= 15 is 0 Å². The molecule has 1 aliphatic carbocycles. The molecule has 18 heavy (non-hydrogen) atoms. The van der Waals surface area contributed by atoms with Crippen molar-refractivity contribution in [1.82, 2.24) is 5.32 Å². The lowest BCUT2D eigenvalue weighted by Crippen LogP contribution is -2.47. The molecular formula is C15H21Cl2N. The van der Waals surface area contributed by atoms with Crippen LogP contribution in [0.1, 0.15) is 36.5 Å². The van der Waals surface area contributed by atoms with Crippen LogP contribution in [0.2, 0.25) is 0 Å². The first-order chi connectivity index (χ1) is 8.73. The van der Waals surface area contributed by atoms with E-state index in [1.165, 1.54) is 36.0 Å². The van der Waals surface area contributed by atoms with Crippen molar-refractivity contribution in [2.24, 2.45) is 0 Å². The topological polar surface area (TPSA) is 12.0 Å². The highest BCUT2D eigenvalue weighted by Gasteiger charge is 2.25. The Bertz CT molecular complexity index is 391. The Labute approximate surface area is 120 Å². The number of benzene rings is 1. The van der Waals surface area contributed by atoms with Gasteiger partial charge in [-0.3, -0.25) is 0 Å². The van der Waals surface area contributed by atoms with Gasteiger partial charge in [-0.05, 0) is 42.4 Å². The first kappa shape index (κ1) is 14.2. The van der Waals surface area contributed by atoms with Gasteiger partial charge in [0.05, 0.1) is 0 Å². The lowest BCUT2D eigenvalue weighted by Gasteiger charge is -2.29. The molecule has 1 nitrogen and oxygen atoms in total. The maximum Gasteiger partial charge on any atom is 0.0453 e. The van der Waals surface area contributed by atoms with Crippen molar-refractivity contribution in [2.45, 2.75) is 44.7 Å². The summed E-state index contributed by atoms with van der Waals surface area (Å²) in [6.07, 6.45) is 4.72. The predicted octanol–water partition coefficient (Wildman–Crippen LogP) is 3.89. The van der Waals surface area contributed by atoms with Crippen LogP contribution in [-0.2, 0) is 19.4 Å². The number of aryl methyl sites for hydroxylation is 2. The highest BCUT2D eigenvalue weighted by molar-refractivity contribution is 6.22. The Hall–Kier alpha value is -0.240. The zero-order valence-electron chi connectivity index (χ0n) is 10.9. The molecular weight excluding hydrogens is 265 g/mol. The molecule has 2 rings (SSSR count). The largest absolute Gasteiger partial charge is 0.305 e. The van der Waals surface area contributed by atoms with E-state index in [0.29, 0.717) is 11.8 Å². The molecule has 1 aromatic carbocycles. The number of fused-ring (bicyclic) bond motifs is 1. The summed E-state index contributed by atoms with van der Waals surface area (Å²) in [5, 5.41) is 3.53. The van der Waals surface area contributed by atoms with E-state index in [1.807, 2.05) is 0 Å². The summed E-state index contributed by atoms with van der Waals surface area (Å²) in [6.45, 7) is 2.97. The molecule has 3 heteroatoms. The predicted molar refractivity (Wildman–Crippen MR) is 79.8 cm³/mol. The fraction of sp³-hybridized carbons (Fsp3) is 0.600. The lowest BCUT2D eigenvalue weighted by atomic mass is 10.00. The molecule has 0 saturated heterocycles. The van der Waals surface area contributed by atoms with E-state index < -0.39 is 0 Å². The van der Waals surface area contributed by atoms with Gasteiger partial charge in [0.25, 0.3) is 0 Å². The Morgan fingerprint density at radius 1 is 1.17 bits per heavy atom. The summed E-state index contributed by atoms with van der Waals surface area (Å²) < 4.78 is 0. The van der Waals surface area contributed by atoms with Crippen molar-refractivity contribution in [2.75, 3.05) is 11.8 Å². The van der Waals surface area contributed by atoms with Gasteiger partial charge < -0.3 is 5.32 Å². The number of hydrogen-bond acceptors (Lipinski definition) is 1. The van der Waals surface area contributed by atoms with Gasteiger partial charge in [0.15, 0.2) is 0 Å². The first-order valence-electron chi connectivity index (χ1n) is 6.70. The molecule has 0 aromatic heterocycles. The maximum atomic E-state index is 6.04. The number of nitrogens with one attached hydrogen (secondary N) is 1. The number of hydrogen-bond donors (Lipinski definition) is 1. The molecule has 0 atom stereocenters. The fourth-order valence-corrected chi connectivity index (χ4v) is 3.32. The van der Waals surface area contributed by atoms with E-state index in [9.17, 15) is 0 Å². The Kier molecular flexibility index (Phi) is 4.94. The zero-order valence-corrected chi connectivity index (χ0v) is 12.4. The minimum absolute atomic E-state index is 0.137. The van der Waals surface area contributed by atoms with Crippen molar-refractivity contribution in [3.8, 4) is 0 Å². The molecule has 0 aliphatic heterocycles. The molecule has 0 bridgehead atoms. The highest BCUT2D eigenvalue weighted by atomic mass is 35.5. The van der Waals surface area contributed by atoms with Crippen molar-refractivity contribution in [3.05, 3.63) is 34.9 Å². The highest BCUT2D eigenvalue weighted by Crippen LogP contribution is 2.23. The molecule has 0 radical (unpaired) electrons. The van der Waals surface area contributed by atoms with Crippen LogP contribution in [-0.4, -0.2) is 17.3 Å². The van der Waals surface area contributed by atoms with Crippen LogP contribution in [0, 0.1) is 0 Å². The van der Waals surface area contributed by atoms with Crippen molar-refractivity contribution >= 4 is 23.2 Å². The molecule has 0 spiro atoms. The van der Waals surface area contributed by atoms with Crippen LogP contribution >= 0.6 is 23.2 Å². The normalized spacial score (nSPS) is 14.8. The smallest absolute Gasteiger partial charge is 0.0453 e. The second-order valence-electron chi connectivity index (χ2n) is 5.21. The van der Waals surface area contributed by atoms with Crippen LogP contribution < -0.4 is 5.32 Å². The summed E-state index contributed by atoms with van der Waals surface area (Å²) in [4.78, 5) is 0. The second kappa shape index (κ2) is 6.27. The summed E-state index contributed by atoms with van der Waals surface area (Å²) in [7, 11) is 0. The Balaban J connectivity index is 2.01. The van der Waals surface area contributed by atoms with Gasteiger partial charge in [0, 0.05) is 23.8 Å². The van der Waals surface area contributed by atoms with E-state index in [2.05, 4.69) is 30.4 Å². The van der Waals surface area contributed by atoms with Crippen LogP contribution in [0.15, 0.2) is 18.2 Å². The van der Waals surface area contributed by atoms with Crippen LogP contribution in [0.5, 0.6) is 0 Å². The molecule has 0 unspecified atom stereocenters. The molecule has 0 heterocycles. The van der Waals surface area contributed by atoms with Gasteiger partial charge in [0.1, 0.15) is 0 Å². The van der Waals surface area contributed by atoms with Crippen LogP contribution in [0.25, 0.3) is 0 Å². The minimum atomic E-state index is -0.137. The van der Waals surface area contributed by atoms with Crippen molar-refractivity contribution in [1.29, 1.82) is 0 Å². The summed E-state index contributed by atoms with van der Waals surface area (Å²) in [5.74, 6) is 1.11. The average Bonchev–Trinajstić information content (AvgIpc) is 2.88. The Morgan fingerprint density at radius 2 is 1.89 bits per heavy atom. The van der Waals surface area contributed by atoms with Gasteiger partial charge in [-0.1, -0.05) is 25.1 Å². The van der Waals surface area contributed by atoms with E-state index in [4.69, 9.17) is 23.2 Å². The third kappa shape index (κ3) is 3.01. The van der Waals surface area contributed by atoms with Gasteiger partial charge >= 0.3 is 0 Å². The first-order valence-corrected chi connectivity index (χ1v) is 7.77. The lowest BCUT2D eigenvalue weighted by molar-refractivity contribution is 0.384. The zero-order chi connectivity index (χ0) is 13.0. The molecule has 0 fully saturated rings. The average molecular weight is 286 g/mol. The molecule has 1 aromatic rings. The third-order valence-corrected chi connectivity index (χ3v) is 5.04. The SMILES string of the molecule is CCC(CCl)(CCl)NCc1ccc2c(c1)CCC2. The third-order valence-electron chi connectivity index (χ3n) is 4.02. The fourth-order valence-electron chi connectivity index (χ4n) is 2.47. The van der Waals surface area contributed by atoms with Gasteiger partial charge in [-0.2, -0.15) is 0 Å². The standard InChI is InChI=1S/C15H21Cl2N/c1-2-15(10-16,11-17)18-9-12-6-7-13-4-3-5-14(13)8-12/h6-8,18H,2-5,9-11H2,1H3. The summed E-state index contributed by atoms with van der Waals surface area (Å²) in [5.41, 5.74) is 4.24. The second-order valence-corrected chi connectivity index (χ2v) is 5.75. The number of rotatable bonds is 6. The van der Waals surface area contributed by atoms with E-state index in [1.54, 1.807) is 0 Å². The van der Waals surface area contributed by atoms with Crippen LogP contribution in [0.3, 0.4) is 0 Å². The summed E-state index contributed by atoms with van der Waals surface area (Å²) in [6, 6.07) is 6.83. The molecule has 100 valence electrons. The van der Waals surface area contributed by atoms with Gasteiger partial charge in [0.2, 0.25) is 0 Å². The van der Waals surface area contributed by atoms with Gasteiger partial charge in [-0.15, -0.1) is 23.2 Å². The minimum Gasteiger partial charge on any atom is -0.305 e. The maximum absolute atomic E-state index is 6.04. The van der Waals surface area contributed by atoms with Gasteiger partial charge in [-0.25, -0.2) is 0 Å². The molecule has 0 amide bonds. The van der Waals surface area contributed by atoms with Crippen LogP contribution in [0.4, 0.5) is 0 Å². The quantitative estimate of drug-likeness (QED) is 0.782. The van der Waals surface area contributed by atoms with E-state index in [0.717, 1.165) is 13.0 Å². The molecule has 1 N–H and O–H groups in total. The molecule has 1 aliphatic rings. The Morgan fingerprint density at radius 3 is 2.56 bits per heavy atom. The number of alkyl halides is 2.